The molecule has 0 spiro atoms. The molecular weight excluding hydrogens is 228 g/mol. The fraction of sp³-hybridized carbons (Fsp3) is 0.286. The van der Waals surface area contributed by atoms with Gasteiger partial charge in [-0.15, -0.1) is 0 Å². The van der Waals surface area contributed by atoms with Crippen molar-refractivity contribution in [1.82, 2.24) is 9.88 Å². The first kappa shape index (κ1) is 12.5. The van der Waals surface area contributed by atoms with Gasteiger partial charge < -0.3 is 10.0 Å². The van der Waals surface area contributed by atoms with Crippen LogP contribution in [0.15, 0.2) is 36.5 Å². The van der Waals surface area contributed by atoms with Crippen LogP contribution in [0.5, 0.6) is 0 Å². The maximum absolute atomic E-state index is 12.4. The number of benzene rings is 1. The molecule has 2 rings (SSSR count). The summed E-state index contributed by atoms with van der Waals surface area (Å²) in [6.07, 6.45) is 1.64. The summed E-state index contributed by atoms with van der Waals surface area (Å²) >= 11 is 0. The number of hydrogen-bond donors (Lipinski definition) is 1. The predicted molar refractivity (Wildman–Crippen MR) is 70.4 cm³/mol. The molecule has 0 saturated heterocycles. The van der Waals surface area contributed by atoms with Crippen molar-refractivity contribution in [2.45, 2.75) is 6.92 Å². The van der Waals surface area contributed by atoms with Crippen molar-refractivity contribution in [3.63, 3.8) is 0 Å². The van der Waals surface area contributed by atoms with Crippen LogP contribution in [0.3, 0.4) is 0 Å². The average Bonchev–Trinajstić information content (AvgIpc) is 2.43. The zero-order valence-electron chi connectivity index (χ0n) is 10.3. The Morgan fingerprint density at radius 2 is 2.11 bits per heavy atom. The van der Waals surface area contributed by atoms with E-state index in [9.17, 15) is 4.79 Å². The third-order valence-corrected chi connectivity index (χ3v) is 2.92. The first-order valence-corrected chi connectivity index (χ1v) is 6.01. The minimum Gasteiger partial charge on any atom is -0.395 e. The summed E-state index contributed by atoms with van der Waals surface area (Å²) in [5.41, 5.74) is 1.44. The Balaban J connectivity index is 2.44. The lowest BCUT2D eigenvalue weighted by Crippen LogP contribution is -2.33. The minimum absolute atomic E-state index is 0.0252. The number of para-hydroxylation sites is 1. The smallest absolute Gasteiger partial charge is 0.254 e. The van der Waals surface area contributed by atoms with E-state index in [0.29, 0.717) is 18.7 Å². The van der Waals surface area contributed by atoms with Crippen molar-refractivity contribution in [2.75, 3.05) is 19.7 Å². The zero-order valence-corrected chi connectivity index (χ0v) is 10.3. The lowest BCUT2D eigenvalue weighted by molar-refractivity contribution is 0.0734. The molecule has 0 fully saturated rings. The van der Waals surface area contributed by atoms with Crippen molar-refractivity contribution >= 4 is 16.8 Å². The SMILES string of the molecule is CCN(CCO)C(=O)c1ccnc2ccccc12. The summed E-state index contributed by atoms with van der Waals surface area (Å²) in [5, 5.41) is 9.82. The van der Waals surface area contributed by atoms with Crippen molar-refractivity contribution in [3.05, 3.63) is 42.1 Å². The molecule has 0 bridgehead atoms. The lowest BCUT2D eigenvalue weighted by Gasteiger charge is -2.20. The van der Waals surface area contributed by atoms with Crippen molar-refractivity contribution < 1.29 is 9.90 Å². The number of likely N-dealkylation sites (N-methyl/N-ethyl adjacent to an activating group) is 1. The molecule has 0 radical (unpaired) electrons. The molecule has 0 aliphatic rings. The minimum atomic E-state index is -0.0647. The normalized spacial score (nSPS) is 10.6. The largest absolute Gasteiger partial charge is 0.395 e. The number of rotatable bonds is 4. The Bertz CT molecular complexity index is 549. The quantitative estimate of drug-likeness (QED) is 0.890. The molecule has 4 nitrogen and oxygen atoms in total. The van der Waals surface area contributed by atoms with Crippen molar-refractivity contribution in [2.24, 2.45) is 0 Å². The van der Waals surface area contributed by atoms with Crippen LogP contribution in [-0.4, -0.2) is 40.6 Å². The van der Waals surface area contributed by atoms with Crippen LogP contribution in [0.2, 0.25) is 0 Å². The Morgan fingerprint density at radius 3 is 2.83 bits per heavy atom. The molecule has 0 unspecified atom stereocenters. The van der Waals surface area contributed by atoms with Gasteiger partial charge in [0.25, 0.3) is 5.91 Å². The molecule has 94 valence electrons. The second-order valence-corrected chi connectivity index (χ2v) is 3.98. The molecule has 1 aromatic carbocycles. The number of aliphatic hydroxyl groups excluding tert-OH is 1. The highest BCUT2D eigenvalue weighted by Crippen LogP contribution is 2.17. The summed E-state index contributed by atoms with van der Waals surface area (Å²) in [5.74, 6) is -0.0647. The summed E-state index contributed by atoms with van der Waals surface area (Å²) in [4.78, 5) is 18.2. The van der Waals surface area contributed by atoms with Crippen LogP contribution in [0.4, 0.5) is 0 Å². The number of carbonyl (C=O) groups is 1. The van der Waals surface area contributed by atoms with Crippen molar-refractivity contribution in [1.29, 1.82) is 0 Å². The van der Waals surface area contributed by atoms with Crippen molar-refractivity contribution in [3.8, 4) is 0 Å². The molecule has 0 aliphatic heterocycles. The van der Waals surface area contributed by atoms with E-state index in [1.54, 1.807) is 17.2 Å². The highest BCUT2D eigenvalue weighted by atomic mass is 16.3. The van der Waals surface area contributed by atoms with Crippen LogP contribution in [-0.2, 0) is 0 Å². The molecule has 0 atom stereocenters. The van der Waals surface area contributed by atoms with Gasteiger partial charge in [-0.3, -0.25) is 9.78 Å². The molecule has 1 aromatic heterocycles. The van der Waals surface area contributed by atoms with Gasteiger partial charge in [-0.05, 0) is 19.1 Å². The molecule has 2 aromatic rings. The summed E-state index contributed by atoms with van der Waals surface area (Å²) in [6, 6.07) is 9.29. The third kappa shape index (κ3) is 2.33. The zero-order chi connectivity index (χ0) is 13.0. The molecule has 1 amide bonds. The van der Waals surface area contributed by atoms with E-state index in [-0.39, 0.29) is 12.5 Å². The van der Waals surface area contributed by atoms with Gasteiger partial charge in [-0.25, -0.2) is 0 Å². The Morgan fingerprint density at radius 1 is 1.33 bits per heavy atom. The Hall–Kier alpha value is -1.94. The first-order chi connectivity index (χ1) is 8.77. The third-order valence-electron chi connectivity index (χ3n) is 2.92. The van der Waals surface area contributed by atoms with Gasteiger partial charge in [-0.1, -0.05) is 18.2 Å². The summed E-state index contributed by atoms with van der Waals surface area (Å²) in [7, 11) is 0. The fourth-order valence-corrected chi connectivity index (χ4v) is 1.98. The number of hydrogen-bond acceptors (Lipinski definition) is 3. The van der Waals surface area contributed by atoms with E-state index in [1.807, 2.05) is 31.2 Å². The van der Waals surface area contributed by atoms with Crippen LogP contribution < -0.4 is 0 Å². The fourth-order valence-electron chi connectivity index (χ4n) is 1.98. The van der Waals surface area contributed by atoms with E-state index < -0.39 is 0 Å². The number of amides is 1. The van der Waals surface area contributed by atoms with Gasteiger partial charge in [-0.2, -0.15) is 0 Å². The number of aliphatic hydroxyl groups is 1. The average molecular weight is 244 g/mol. The maximum atomic E-state index is 12.4. The molecular formula is C14H16N2O2. The molecule has 18 heavy (non-hydrogen) atoms. The molecule has 0 aliphatic carbocycles. The molecule has 1 N–H and O–H groups in total. The van der Waals surface area contributed by atoms with E-state index in [4.69, 9.17) is 5.11 Å². The summed E-state index contributed by atoms with van der Waals surface area (Å²) in [6.45, 7) is 2.81. The van der Waals surface area contributed by atoms with Gasteiger partial charge >= 0.3 is 0 Å². The first-order valence-electron chi connectivity index (χ1n) is 6.01. The van der Waals surface area contributed by atoms with Crippen LogP contribution in [0.1, 0.15) is 17.3 Å². The van der Waals surface area contributed by atoms with E-state index in [0.717, 1.165) is 10.9 Å². The maximum Gasteiger partial charge on any atom is 0.254 e. The highest BCUT2D eigenvalue weighted by Gasteiger charge is 2.16. The molecule has 0 saturated carbocycles. The topological polar surface area (TPSA) is 53.4 Å². The molecule has 1 heterocycles. The van der Waals surface area contributed by atoms with Crippen LogP contribution in [0.25, 0.3) is 10.9 Å². The van der Waals surface area contributed by atoms with Crippen LogP contribution in [0, 0.1) is 0 Å². The number of nitrogens with zero attached hydrogens (tertiary/aromatic N) is 2. The number of fused-ring (bicyclic) bond motifs is 1. The van der Waals surface area contributed by atoms with E-state index >= 15 is 0 Å². The van der Waals surface area contributed by atoms with E-state index in [1.165, 1.54) is 0 Å². The highest BCUT2D eigenvalue weighted by molar-refractivity contribution is 6.05. The van der Waals surface area contributed by atoms with E-state index in [2.05, 4.69) is 4.98 Å². The van der Waals surface area contributed by atoms with Gasteiger partial charge in [0.05, 0.1) is 17.7 Å². The Labute approximate surface area is 106 Å². The second kappa shape index (κ2) is 5.60. The standard InChI is InChI=1S/C14H16N2O2/c1-2-16(9-10-17)14(18)12-7-8-15-13-6-4-3-5-11(12)13/h3-8,17H,2,9-10H2,1H3. The van der Waals surface area contributed by atoms with Gasteiger partial charge in [0, 0.05) is 24.7 Å². The second-order valence-electron chi connectivity index (χ2n) is 3.98. The van der Waals surface area contributed by atoms with Gasteiger partial charge in [0.1, 0.15) is 0 Å². The monoisotopic (exact) mass is 244 g/mol. The van der Waals surface area contributed by atoms with Gasteiger partial charge in [0.2, 0.25) is 0 Å². The van der Waals surface area contributed by atoms with Crippen LogP contribution >= 0.6 is 0 Å². The van der Waals surface area contributed by atoms with Gasteiger partial charge in [0.15, 0.2) is 0 Å². The number of carbonyl (C=O) groups excluding carboxylic acids is 1. The number of pyridine rings is 1. The Kier molecular flexibility index (Phi) is 3.89. The lowest BCUT2D eigenvalue weighted by atomic mass is 10.1. The number of aromatic nitrogens is 1. The molecule has 4 heteroatoms. The predicted octanol–water partition coefficient (Wildman–Crippen LogP) is 1.69. The summed E-state index contributed by atoms with van der Waals surface area (Å²) < 4.78 is 0.